The molecule has 2 atom stereocenters. The number of hydrogen-bond acceptors (Lipinski definition) is 3. The number of alkyl halides is 3. The van der Waals surface area contributed by atoms with Crippen LogP contribution in [0.3, 0.4) is 0 Å². The highest BCUT2D eigenvalue weighted by molar-refractivity contribution is 5.30. The van der Waals surface area contributed by atoms with E-state index in [1.807, 2.05) is 29.3 Å². The van der Waals surface area contributed by atoms with Crippen LogP contribution in [0.5, 0.6) is 5.75 Å². The van der Waals surface area contributed by atoms with Crippen LogP contribution in [0, 0.1) is 5.92 Å². The molecule has 0 unspecified atom stereocenters. The number of piperidine rings is 1. The van der Waals surface area contributed by atoms with E-state index < -0.39 is 12.8 Å². The van der Waals surface area contributed by atoms with Crippen molar-refractivity contribution in [3.63, 3.8) is 0 Å². The molecule has 0 aliphatic carbocycles. The van der Waals surface area contributed by atoms with Crippen LogP contribution in [0.2, 0.25) is 0 Å². The first-order valence-electron chi connectivity index (χ1n) is 8.77. The van der Waals surface area contributed by atoms with Crippen molar-refractivity contribution in [2.24, 2.45) is 11.8 Å². The van der Waals surface area contributed by atoms with Crippen LogP contribution in [0.4, 0.5) is 13.2 Å². The van der Waals surface area contributed by atoms with E-state index in [2.05, 4.69) is 12.1 Å². The highest BCUT2D eigenvalue weighted by Gasteiger charge is 2.31. The van der Waals surface area contributed by atoms with Gasteiger partial charge in [0, 0.05) is 6.54 Å². The normalized spacial score (nSPS) is 21.5. The number of nitrogens with two attached hydrogens (primary N) is 1. The predicted octanol–water partition coefficient (Wildman–Crippen LogP) is 4.50. The lowest BCUT2D eigenvalue weighted by molar-refractivity contribution is -0.153. The number of halogens is 3. The molecule has 2 N–H and O–H groups in total. The summed E-state index contributed by atoms with van der Waals surface area (Å²) in [7, 11) is 0. The standard InChI is InChI=1S/C20H23F3N2O/c21-20(22,23)14-26-18-10-4-6-15(13-18)12-17-9-5-11-25(24)19(17)16-7-2-1-3-8-16/h1-4,6-8,10,13,17,19H,5,9,11-12,14,24H2/t17-,19+/m0/s1. The van der Waals surface area contributed by atoms with Gasteiger partial charge in [0.25, 0.3) is 0 Å². The minimum atomic E-state index is -4.34. The van der Waals surface area contributed by atoms with Gasteiger partial charge in [-0.15, -0.1) is 0 Å². The molecule has 3 nitrogen and oxygen atoms in total. The molecule has 0 bridgehead atoms. The van der Waals surface area contributed by atoms with E-state index >= 15 is 0 Å². The van der Waals surface area contributed by atoms with Crippen molar-refractivity contribution in [2.75, 3.05) is 13.2 Å². The monoisotopic (exact) mass is 364 g/mol. The minimum absolute atomic E-state index is 0.102. The third-order valence-corrected chi connectivity index (χ3v) is 4.73. The Morgan fingerprint density at radius 2 is 1.85 bits per heavy atom. The molecule has 0 saturated carbocycles. The molecule has 0 spiro atoms. The second-order valence-electron chi connectivity index (χ2n) is 6.75. The summed E-state index contributed by atoms with van der Waals surface area (Å²) in [5, 5.41) is 1.88. The van der Waals surface area contributed by atoms with E-state index in [1.54, 1.807) is 18.2 Å². The minimum Gasteiger partial charge on any atom is -0.484 e. The van der Waals surface area contributed by atoms with E-state index in [0.29, 0.717) is 5.92 Å². The van der Waals surface area contributed by atoms with Crippen LogP contribution in [0.25, 0.3) is 0 Å². The number of benzene rings is 2. The number of rotatable bonds is 5. The van der Waals surface area contributed by atoms with Crippen LogP contribution in [0.15, 0.2) is 54.6 Å². The van der Waals surface area contributed by atoms with Gasteiger partial charge in [-0.3, -0.25) is 5.84 Å². The van der Waals surface area contributed by atoms with Gasteiger partial charge in [-0.1, -0.05) is 42.5 Å². The summed E-state index contributed by atoms with van der Waals surface area (Å²) in [5.74, 6) is 6.81. The number of hydrazine groups is 1. The van der Waals surface area contributed by atoms with Crippen molar-refractivity contribution < 1.29 is 17.9 Å². The molecule has 0 amide bonds. The van der Waals surface area contributed by atoms with E-state index in [9.17, 15) is 13.2 Å². The van der Waals surface area contributed by atoms with Crippen LogP contribution in [0.1, 0.15) is 30.0 Å². The van der Waals surface area contributed by atoms with Crippen LogP contribution >= 0.6 is 0 Å². The molecular weight excluding hydrogens is 341 g/mol. The molecule has 0 radical (unpaired) electrons. The molecule has 1 aliphatic heterocycles. The molecule has 2 aromatic carbocycles. The summed E-state index contributed by atoms with van der Waals surface area (Å²) >= 11 is 0. The summed E-state index contributed by atoms with van der Waals surface area (Å²) < 4.78 is 41.9. The highest BCUT2D eigenvalue weighted by atomic mass is 19.4. The Morgan fingerprint density at radius 1 is 1.08 bits per heavy atom. The first-order chi connectivity index (χ1) is 12.4. The second-order valence-corrected chi connectivity index (χ2v) is 6.75. The zero-order valence-corrected chi connectivity index (χ0v) is 14.5. The Bertz CT molecular complexity index is 706. The maximum atomic E-state index is 12.4. The molecule has 26 heavy (non-hydrogen) atoms. The topological polar surface area (TPSA) is 38.5 Å². The summed E-state index contributed by atoms with van der Waals surface area (Å²) in [4.78, 5) is 0. The summed E-state index contributed by atoms with van der Waals surface area (Å²) in [6, 6.07) is 17.1. The molecule has 1 saturated heterocycles. The third-order valence-electron chi connectivity index (χ3n) is 4.73. The molecule has 140 valence electrons. The van der Waals surface area contributed by atoms with Crippen LogP contribution in [-0.4, -0.2) is 24.3 Å². The fourth-order valence-electron chi connectivity index (χ4n) is 3.66. The Kier molecular flexibility index (Phi) is 5.84. The number of ether oxygens (including phenoxy) is 1. The Hall–Kier alpha value is -2.05. The molecule has 0 aromatic heterocycles. The van der Waals surface area contributed by atoms with Gasteiger partial charge >= 0.3 is 6.18 Å². The van der Waals surface area contributed by atoms with E-state index in [-0.39, 0.29) is 11.8 Å². The third kappa shape index (κ3) is 4.99. The van der Waals surface area contributed by atoms with Crippen molar-refractivity contribution in [1.82, 2.24) is 5.01 Å². The highest BCUT2D eigenvalue weighted by Crippen LogP contribution is 2.36. The quantitative estimate of drug-likeness (QED) is 0.794. The van der Waals surface area contributed by atoms with Gasteiger partial charge in [-0.25, -0.2) is 5.01 Å². The first-order valence-corrected chi connectivity index (χ1v) is 8.77. The summed E-state index contributed by atoms with van der Waals surface area (Å²) in [5.41, 5.74) is 2.13. The van der Waals surface area contributed by atoms with Gasteiger partial charge < -0.3 is 4.74 Å². The maximum absolute atomic E-state index is 12.4. The van der Waals surface area contributed by atoms with Gasteiger partial charge in [0.1, 0.15) is 5.75 Å². The Morgan fingerprint density at radius 3 is 2.58 bits per heavy atom. The Balaban J connectivity index is 1.74. The average Bonchev–Trinajstić information content (AvgIpc) is 2.61. The first kappa shape index (κ1) is 18.7. The van der Waals surface area contributed by atoms with Gasteiger partial charge in [-0.05, 0) is 48.4 Å². The number of nitrogens with zero attached hydrogens (tertiary/aromatic N) is 1. The SMILES string of the molecule is NN1CCC[C@@H](Cc2cccc(OCC(F)(F)F)c2)[C@H]1c1ccccc1. The molecule has 2 aromatic rings. The van der Waals surface area contributed by atoms with E-state index in [0.717, 1.165) is 31.4 Å². The van der Waals surface area contributed by atoms with E-state index in [1.165, 1.54) is 5.56 Å². The van der Waals surface area contributed by atoms with Crippen molar-refractivity contribution in [3.05, 3.63) is 65.7 Å². The van der Waals surface area contributed by atoms with E-state index in [4.69, 9.17) is 10.6 Å². The lowest BCUT2D eigenvalue weighted by atomic mass is 9.81. The lowest BCUT2D eigenvalue weighted by Crippen LogP contribution is -2.44. The zero-order chi connectivity index (χ0) is 18.6. The zero-order valence-electron chi connectivity index (χ0n) is 14.5. The largest absolute Gasteiger partial charge is 0.484 e. The summed E-state index contributed by atoms with van der Waals surface area (Å²) in [6.45, 7) is -0.437. The molecule has 3 rings (SSSR count). The lowest BCUT2D eigenvalue weighted by Gasteiger charge is -2.39. The predicted molar refractivity (Wildman–Crippen MR) is 94.5 cm³/mol. The van der Waals surface area contributed by atoms with Gasteiger partial charge in [0.15, 0.2) is 6.61 Å². The average molecular weight is 364 g/mol. The summed E-state index contributed by atoms with van der Waals surface area (Å²) in [6.07, 6.45) is -1.55. The van der Waals surface area contributed by atoms with Crippen LogP contribution < -0.4 is 10.6 Å². The Labute approximate surface area is 151 Å². The molecule has 1 heterocycles. The fraction of sp³-hybridized carbons (Fsp3) is 0.400. The van der Waals surface area contributed by atoms with Crippen molar-refractivity contribution >= 4 is 0 Å². The van der Waals surface area contributed by atoms with Crippen LogP contribution in [-0.2, 0) is 6.42 Å². The molecule has 1 fully saturated rings. The fourth-order valence-corrected chi connectivity index (χ4v) is 3.66. The van der Waals surface area contributed by atoms with Gasteiger partial charge in [-0.2, -0.15) is 13.2 Å². The van der Waals surface area contributed by atoms with Gasteiger partial charge in [0.05, 0.1) is 6.04 Å². The molecule has 1 aliphatic rings. The number of hydrogen-bond donors (Lipinski definition) is 1. The van der Waals surface area contributed by atoms with Gasteiger partial charge in [0.2, 0.25) is 0 Å². The smallest absolute Gasteiger partial charge is 0.422 e. The van der Waals surface area contributed by atoms with Crippen molar-refractivity contribution in [3.8, 4) is 5.75 Å². The molecule has 6 heteroatoms. The maximum Gasteiger partial charge on any atom is 0.422 e. The van der Waals surface area contributed by atoms with Crippen molar-refractivity contribution in [1.29, 1.82) is 0 Å². The molecular formula is C20H23F3N2O. The van der Waals surface area contributed by atoms with Crippen molar-refractivity contribution in [2.45, 2.75) is 31.5 Å². The second kappa shape index (κ2) is 8.10.